The molecule has 0 saturated heterocycles. The molecule has 1 unspecified atom stereocenters. The molecule has 94 valence electrons. The van der Waals surface area contributed by atoms with E-state index in [2.05, 4.69) is 17.6 Å². The number of hydrogen-bond acceptors (Lipinski definition) is 2. The number of carbonyl (C=O) groups excluding carboxylic acids is 1. The molecular weight excluding hydrogens is 236 g/mol. The number of halogens is 1. The molecule has 0 aliphatic carbocycles. The molecule has 1 aromatic carbocycles. The van der Waals surface area contributed by atoms with Crippen molar-refractivity contribution < 1.29 is 4.79 Å². The molecule has 17 heavy (non-hydrogen) atoms. The molecule has 4 heteroatoms. The largest absolute Gasteiger partial charge is 0.352 e. The Balaban J connectivity index is 2.61. The van der Waals surface area contributed by atoms with Crippen LogP contribution in [0.5, 0.6) is 0 Å². The number of amides is 1. The van der Waals surface area contributed by atoms with Crippen LogP contribution in [0.2, 0.25) is 5.02 Å². The van der Waals surface area contributed by atoms with Gasteiger partial charge in [-0.1, -0.05) is 24.6 Å². The van der Waals surface area contributed by atoms with Crippen molar-refractivity contribution in [2.75, 3.05) is 20.1 Å². The predicted octanol–water partition coefficient (Wildman–Crippen LogP) is 2.23. The highest BCUT2D eigenvalue weighted by Crippen LogP contribution is 2.15. The summed E-state index contributed by atoms with van der Waals surface area (Å²) in [6.07, 6.45) is 0. The van der Waals surface area contributed by atoms with Gasteiger partial charge in [0.05, 0.1) is 0 Å². The first-order valence-corrected chi connectivity index (χ1v) is 6.11. The lowest BCUT2D eigenvalue weighted by Gasteiger charge is -2.13. The third-order valence-electron chi connectivity index (χ3n) is 2.61. The molecule has 0 saturated carbocycles. The summed E-state index contributed by atoms with van der Waals surface area (Å²) >= 11 is 5.88. The predicted molar refractivity (Wildman–Crippen MR) is 71.6 cm³/mol. The van der Waals surface area contributed by atoms with Gasteiger partial charge in [0.2, 0.25) is 0 Å². The number of rotatable bonds is 5. The Kier molecular flexibility index (Phi) is 5.45. The lowest BCUT2D eigenvalue weighted by Crippen LogP contribution is -2.32. The van der Waals surface area contributed by atoms with E-state index in [1.807, 2.05) is 20.0 Å². The average molecular weight is 255 g/mol. The van der Waals surface area contributed by atoms with Crippen LogP contribution in [0, 0.1) is 12.8 Å². The van der Waals surface area contributed by atoms with E-state index in [1.165, 1.54) is 0 Å². The van der Waals surface area contributed by atoms with Gasteiger partial charge in [0.25, 0.3) is 5.91 Å². The van der Waals surface area contributed by atoms with E-state index >= 15 is 0 Å². The summed E-state index contributed by atoms with van der Waals surface area (Å²) in [7, 11) is 1.90. The van der Waals surface area contributed by atoms with E-state index in [1.54, 1.807) is 12.1 Å². The molecule has 1 amide bonds. The summed E-state index contributed by atoms with van der Waals surface area (Å²) in [5.41, 5.74) is 1.59. The fourth-order valence-corrected chi connectivity index (χ4v) is 1.79. The van der Waals surface area contributed by atoms with Crippen LogP contribution in [0.4, 0.5) is 0 Å². The monoisotopic (exact) mass is 254 g/mol. The van der Waals surface area contributed by atoms with Crippen molar-refractivity contribution in [1.82, 2.24) is 10.6 Å². The molecule has 0 heterocycles. The van der Waals surface area contributed by atoms with Gasteiger partial charge in [0.1, 0.15) is 0 Å². The molecule has 0 fully saturated rings. The minimum atomic E-state index is -0.0621. The fraction of sp³-hybridized carbons (Fsp3) is 0.462. The summed E-state index contributed by atoms with van der Waals surface area (Å²) in [6.45, 7) is 5.53. The zero-order valence-corrected chi connectivity index (χ0v) is 11.3. The minimum absolute atomic E-state index is 0.0621. The lowest BCUT2D eigenvalue weighted by molar-refractivity contribution is 0.0947. The summed E-state index contributed by atoms with van der Waals surface area (Å²) in [4.78, 5) is 11.9. The smallest absolute Gasteiger partial charge is 0.251 e. The highest BCUT2D eigenvalue weighted by Gasteiger charge is 2.10. The first kappa shape index (κ1) is 14.0. The second-order valence-corrected chi connectivity index (χ2v) is 4.77. The SMILES string of the molecule is CNCC(C)CNC(=O)c1cc(Cl)ccc1C. The number of hydrogen-bond donors (Lipinski definition) is 2. The van der Waals surface area contributed by atoms with Crippen molar-refractivity contribution in [3.05, 3.63) is 34.3 Å². The Hall–Kier alpha value is -1.06. The molecule has 0 aromatic heterocycles. The average Bonchev–Trinajstić information content (AvgIpc) is 2.29. The van der Waals surface area contributed by atoms with Gasteiger partial charge < -0.3 is 10.6 Å². The van der Waals surface area contributed by atoms with Crippen LogP contribution in [0.3, 0.4) is 0 Å². The maximum atomic E-state index is 11.9. The number of aryl methyl sites for hydroxylation is 1. The number of carbonyl (C=O) groups is 1. The standard InChI is InChI=1S/C13H19ClN2O/c1-9(7-15-3)8-16-13(17)12-6-11(14)5-4-10(12)2/h4-6,9,15H,7-8H2,1-3H3,(H,16,17). The van der Waals surface area contributed by atoms with Gasteiger partial charge in [-0.25, -0.2) is 0 Å². The van der Waals surface area contributed by atoms with Crippen LogP contribution >= 0.6 is 11.6 Å². The third-order valence-corrected chi connectivity index (χ3v) is 2.84. The quantitative estimate of drug-likeness (QED) is 0.846. The molecule has 3 nitrogen and oxygen atoms in total. The molecule has 2 N–H and O–H groups in total. The first-order chi connectivity index (χ1) is 8.04. The maximum Gasteiger partial charge on any atom is 0.251 e. The molecule has 0 spiro atoms. The highest BCUT2D eigenvalue weighted by molar-refractivity contribution is 6.31. The number of benzene rings is 1. The highest BCUT2D eigenvalue weighted by atomic mass is 35.5. The Morgan fingerprint density at radius 3 is 2.76 bits per heavy atom. The summed E-state index contributed by atoms with van der Waals surface area (Å²) in [5, 5.41) is 6.58. The van der Waals surface area contributed by atoms with Crippen LogP contribution < -0.4 is 10.6 Å². The van der Waals surface area contributed by atoms with E-state index in [0.29, 0.717) is 23.0 Å². The molecule has 1 aromatic rings. The Bertz CT molecular complexity index is 393. The van der Waals surface area contributed by atoms with Crippen LogP contribution in [0.15, 0.2) is 18.2 Å². The van der Waals surface area contributed by atoms with Crippen LogP contribution in [0.1, 0.15) is 22.8 Å². The fourth-order valence-electron chi connectivity index (χ4n) is 1.62. The Morgan fingerprint density at radius 2 is 2.12 bits per heavy atom. The minimum Gasteiger partial charge on any atom is -0.352 e. The normalized spacial score (nSPS) is 12.2. The first-order valence-electron chi connectivity index (χ1n) is 5.73. The van der Waals surface area contributed by atoms with Gasteiger partial charge in [-0.3, -0.25) is 4.79 Å². The van der Waals surface area contributed by atoms with Crippen molar-refractivity contribution >= 4 is 17.5 Å². The molecule has 0 aliphatic heterocycles. The van der Waals surface area contributed by atoms with Gasteiger partial charge >= 0.3 is 0 Å². The van der Waals surface area contributed by atoms with E-state index in [4.69, 9.17) is 11.6 Å². The second kappa shape index (κ2) is 6.62. The summed E-state index contributed by atoms with van der Waals surface area (Å²) < 4.78 is 0. The zero-order valence-electron chi connectivity index (χ0n) is 10.5. The second-order valence-electron chi connectivity index (χ2n) is 4.33. The van der Waals surface area contributed by atoms with Crippen molar-refractivity contribution in [3.63, 3.8) is 0 Å². The zero-order chi connectivity index (χ0) is 12.8. The van der Waals surface area contributed by atoms with Gasteiger partial charge in [0, 0.05) is 17.1 Å². The van der Waals surface area contributed by atoms with Crippen LogP contribution in [-0.4, -0.2) is 26.0 Å². The number of nitrogens with one attached hydrogen (secondary N) is 2. The Morgan fingerprint density at radius 1 is 1.41 bits per heavy atom. The van der Waals surface area contributed by atoms with Gasteiger partial charge in [-0.15, -0.1) is 0 Å². The molecule has 1 atom stereocenters. The summed E-state index contributed by atoms with van der Waals surface area (Å²) in [6, 6.07) is 5.35. The maximum absolute atomic E-state index is 11.9. The van der Waals surface area contributed by atoms with Crippen molar-refractivity contribution in [2.45, 2.75) is 13.8 Å². The Labute approximate surface area is 108 Å². The van der Waals surface area contributed by atoms with Crippen molar-refractivity contribution in [1.29, 1.82) is 0 Å². The van der Waals surface area contributed by atoms with Crippen molar-refractivity contribution in [2.24, 2.45) is 5.92 Å². The van der Waals surface area contributed by atoms with Crippen LogP contribution in [-0.2, 0) is 0 Å². The van der Waals surface area contributed by atoms with E-state index in [9.17, 15) is 4.79 Å². The van der Waals surface area contributed by atoms with E-state index in [-0.39, 0.29) is 5.91 Å². The van der Waals surface area contributed by atoms with Gasteiger partial charge in [-0.2, -0.15) is 0 Å². The van der Waals surface area contributed by atoms with Crippen LogP contribution in [0.25, 0.3) is 0 Å². The van der Waals surface area contributed by atoms with E-state index in [0.717, 1.165) is 12.1 Å². The summed E-state index contributed by atoms with van der Waals surface area (Å²) in [5.74, 6) is 0.344. The third kappa shape index (κ3) is 4.36. The van der Waals surface area contributed by atoms with Gasteiger partial charge in [-0.05, 0) is 44.1 Å². The van der Waals surface area contributed by atoms with Gasteiger partial charge in [0.15, 0.2) is 0 Å². The topological polar surface area (TPSA) is 41.1 Å². The molecule has 1 rings (SSSR count). The lowest BCUT2D eigenvalue weighted by atomic mass is 10.1. The molecule has 0 radical (unpaired) electrons. The molecule has 0 bridgehead atoms. The molecular formula is C13H19ClN2O. The van der Waals surface area contributed by atoms with E-state index < -0.39 is 0 Å². The van der Waals surface area contributed by atoms with Crippen molar-refractivity contribution in [3.8, 4) is 0 Å². The molecule has 0 aliphatic rings.